The molecule has 0 fully saturated rings. The minimum Gasteiger partial charge on any atom is -0.352 e. The van der Waals surface area contributed by atoms with Crippen LogP contribution in [0.15, 0.2) is 48.5 Å². The van der Waals surface area contributed by atoms with Gasteiger partial charge >= 0.3 is 0 Å². The second kappa shape index (κ2) is 12.5. The van der Waals surface area contributed by atoms with E-state index in [0.29, 0.717) is 24.3 Å². The van der Waals surface area contributed by atoms with Crippen LogP contribution in [0, 0.1) is 12.7 Å². The molecule has 0 saturated carbocycles. The van der Waals surface area contributed by atoms with Crippen molar-refractivity contribution in [3.8, 4) is 0 Å². The van der Waals surface area contributed by atoms with Crippen LogP contribution in [0.4, 0.5) is 4.39 Å². The van der Waals surface area contributed by atoms with Gasteiger partial charge in [-0.25, -0.2) is 4.39 Å². The number of benzene rings is 2. The third-order valence-electron chi connectivity index (χ3n) is 5.30. The lowest BCUT2D eigenvalue weighted by molar-refractivity contribution is -0.139. The van der Waals surface area contributed by atoms with Gasteiger partial charge in [0.05, 0.1) is 5.75 Å². The number of aryl methyl sites for hydroxylation is 1. The zero-order valence-corrected chi connectivity index (χ0v) is 19.7. The van der Waals surface area contributed by atoms with E-state index in [0.717, 1.165) is 17.5 Å². The molecule has 1 N–H and O–H groups in total. The monoisotopic (exact) mass is 444 g/mol. The molecule has 6 heteroatoms. The molecule has 0 heterocycles. The standard InChI is InChI=1S/C25H33FN2O2S/c1-5-19(4)27-25(30)23(6-2)28(15-20-13-11-18(3)12-14-20)24(29)17-31-16-21-9-7-8-10-22(21)26/h7-14,19,23H,5-6,15-17H2,1-4H3,(H,27,30)/t19-,23+/m1/s1. The Kier molecular flexibility index (Phi) is 10.0. The van der Waals surface area contributed by atoms with E-state index in [1.165, 1.54) is 17.8 Å². The normalized spacial score (nSPS) is 12.8. The van der Waals surface area contributed by atoms with Crippen molar-refractivity contribution in [3.63, 3.8) is 0 Å². The van der Waals surface area contributed by atoms with Crippen LogP contribution >= 0.6 is 11.8 Å². The van der Waals surface area contributed by atoms with Gasteiger partial charge in [-0.05, 0) is 43.9 Å². The quantitative estimate of drug-likeness (QED) is 0.525. The highest BCUT2D eigenvalue weighted by Gasteiger charge is 2.29. The first-order chi connectivity index (χ1) is 14.8. The van der Waals surface area contributed by atoms with Gasteiger partial charge in [0.1, 0.15) is 11.9 Å². The summed E-state index contributed by atoms with van der Waals surface area (Å²) in [6, 6.07) is 14.1. The molecule has 0 saturated heterocycles. The van der Waals surface area contributed by atoms with Crippen molar-refractivity contribution in [2.45, 2.75) is 64.9 Å². The summed E-state index contributed by atoms with van der Waals surface area (Å²) in [4.78, 5) is 27.8. The predicted molar refractivity (Wildman–Crippen MR) is 126 cm³/mol. The Hall–Kier alpha value is -2.34. The van der Waals surface area contributed by atoms with Crippen LogP contribution in [0.2, 0.25) is 0 Å². The zero-order valence-electron chi connectivity index (χ0n) is 18.9. The summed E-state index contributed by atoms with van der Waals surface area (Å²) < 4.78 is 13.9. The molecule has 168 valence electrons. The Labute approximate surface area is 189 Å². The molecule has 2 aromatic carbocycles. The number of carbonyl (C=O) groups excluding carboxylic acids is 2. The van der Waals surface area contributed by atoms with Crippen molar-refractivity contribution in [3.05, 3.63) is 71.0 Å². The van der Waals surface area contributed by atoms with Gasteiger partial charge in [0.25, 0.3) is 0 Å². The second-order valence-electron chi connectivity index (χ2n) is 7.83. The summed E-state index contributed by atoms with van der Waals surface area (Å²) in [5.74, 6) is 0.0859. The van der Waals surface area contributed by atoms with Crippen LogP contribution in [0.5, 0.6) is 0 Å². The van der Waals surface area contributed by atoms with E-state index in [9.17, 15) is 14.0 Å². The topological polar surface area (TPSA) is 49.4 Å². The highest BCUT2D eigenvalue weighted by atomic mass is 32.2. The SMILES string of the molecule is CC[C@@H](C)NC(=O)[C@H](CC)N(Cc1ccc(C)cc1)C(=O)CSCc1ccccc1F. The number of hydrogen-bond donors (Lipinski definition) is 1. The van der Waals surface area contributed by atoms with Gasteiger partial charge in [0.15, 0.2) is 0 Å². The van der Waals surface area contributed by atoms with Crippen LogP contribution in [0.25, 0.3) is 0 Å². The fraction of sp³-hybridized carbons (Fsp3) is 0.440. The number of thioether (sulfide) groups is 1. The minimum atomic E-state index is -0.545. The third kappa shape index (κ3) is 7.69. The van der Waals surface area contributed by atoms with Gasteiger partial charge in [0, 0.05) is 18.3 Å². The molecule has 2 aromatic rings. The molecule has 0 bridgehead atoms. The molecule has 0 spiro atoms. The van der Waals surface area contributed by atoms with E-state index in [-0.39, 0.29) is 29.4 Å². The number of nitrogens with zero attached hydrogens (tertiary/aromatic N) is 1. The Morgan fingerprint density at radius 1 is 1.06 bits per heavy atom. The lowest BCUT2D eigenvalue weighted by Gasteiger charge is -2.31. The molecule has 4 nitrogen and oxygen atoms in total. The van der Waals surface area contributed by atoms with Crippen LogP contribution in [-0.4, -0.2) is 34.6 Å². The van der Waals surface area contributed by atoms with Crippen LogP contribution in [0.3, 0.4) is 0 Å². The van der Waals surface area contributed by atoms with Crippen molar-refractivity contribution >= 4 is 23.6 Å². The summed E-state index contributed by atoms with van der Waals surface area (Å²) >= 11 is 1.37. The van der Waals surface area contributed by atoms with Crippen molar-refractivity contribution in [1.29, 1.82) is 0 Å². The number of hydrogen-bond acceptors (Lipinski definition) is 3. The number of rotatable bonds is 11. The molecule has 0 radical (unpaired) electrons. The van der Waals surface area contributed by atoms with E-state index in [1.807, 2.05) is 52.0 Å². The molecule has 0 aliphatic carbocycles. The average Bonchev–Trinajstić information content (AvgIpc) is 2.76. The van der Waals surface area contributed by atoms with Crippen LogP contribution in [0.1, 0.15) is 50.3 Å². The lowest BCUT2D eigenvalue weighted by atomic mass is 10.1. The maximum Gasteiger partial charge on any atom is 0.243 e. The van der Waals surface area contributed by atoms with Crippen molar-refractivity contribution in [2.75, 3.05) is 5.75 Å². The van der Waals surface area contributed by atoms with Crippen LogP contribution < -0.4 is 5.32 Å². The maximum absolute atomic E-state index is 13.9. The largest absolute Gasteiger partial charge is 0.352 e. The van der Waals surface area contributed by atoms with Crippen molar-refractivity contribution in [2.24, 2.45) is 0 Å². The van der Waals surface area contributed by atoms with E-state index in [2.05, 4.69) is 5.32 Å². The summed E-state index contributed by atoms with van der Waals surface area (Å²) in [6.45, 7) is 8.27. The molecular weight excluding hydrogens is 411 g/mol. The highest BCUT2D eigenvalue weighted by Crippen LogP contribution is 2.19. The second-order valence-corrected chi connectivity index (χ2v) is 8.82. The first kappa shape index (κ1) is 24.9. The average molecular weight is 445 g/mol. The number of amides is 2. The minimum absolute atomic E-state index is 0.0494. The van der Waals surface area contributed by atoms with E-state index >= 15 is 0 Å². The van der Waals surface area contributed by atoms with Gasteiger partial charge in [-0.2, -0.15) is 0 Å². The van der Waals surface area contributed by atoms with E-state index in [1.54, 1.807) is 23.1 Å². The third-order valence-corrected chi connectivity index (χ3v) is 6.27. The molecule has 0 unspecified atom stereocenters. The summed E-state index contributed by atoms with van der Waals surface area (Å²) in [5, 5.41) is 3.01. The van der Waals surface area contributed by atoms with Crippen molar-refractivity contribution in [1.82, 2.24) is 10.2 Å². The fourth-order valence-corrected chi connectivity index (χ4v) is 4.09. The van der Waals surface area contributed by atoms with Gasteiger partial charge in [0.2, 0.25) is 11.8 Å². The molecule has 0 aliphatic heterocycles. The molecule has 0 aliphatic rings. The predicted octanol–water partition coefficient (Wildman–Crippen LogP) is 5.09. The molecule has 2 amide bonds. The number of nitrogens with one attached hydrogen (secondary N) is 1. The number of carbonyl (C=O) groups is 2. The summed E-state index contributed by atoms with van der Waals surface area (Å²) in [5.41, 5.74) is 2.70. The number of halogens is 1. The van der Waals surface area contributed by atoms with Crippen molar-refractivity contribution < 1.29 is 14.0 Å². The maximum atomic E-state index is 13.9. The summed E-state index contributed by atoms with van der Waals surface area (Å²) in [7, 11) is 0. The smallest absolute Gasteiger partial charge is 0.243 e. The van der Waals surface area contributed by atoms with E-state index < -0.39 is 6.04 Å². The van der Waals surface area contributed by atoms with Gasteiger partial charge in [-0.15, -0.1) is 11.8 Å². The highest BCUT2D eigenvalue weighted by molar-refractivity contribution is 7.99. The zero-order chi connectivity index (χ0) is 22.8. The Balaban J connectivity index is 2.14. The fourth-order valence-electron chi connectivity index (χ4n) is 3.20. The van der Waals surface area contributed by atoms with Crippen LogP contribution in [-0.2, 0) is 21.9 Å². The lowest BCUT2D eigenvalue weighted by Crippen LogP contribution is -2.51. The van der Waals surface area contributed by atoms with Gasteiger partial charge in [-0.1, -0.05) is 61.9 Å². The molecule has 2 rings (SSSR count). The first-order valence-corrected chi connectivity index (χ1v) is 12.0. The Morgan fingerprint density at radius 2 is 1.74 bits per heavy atom. The Morgan fingerprint density at radius 3 is 2.35 bits per heavy atom. The van der Waals surface area contributed by atoms with Gasteiger partial charge < -0.3 is 10.2 Å². The molecule has 31 heavy (non-hydrogen) atoms. The molecule has 2 atom stereocenters. The van der Waals surface area contributed by atoms with E-state index in [4.69, 9.17) is 0 Å². The first-order valence-electron chi connectivity index (χ1n) is 10.8. The Bertz CT molecular complexity index is 857. The summed E-state index contributed by atoms with van der Waals surface area (Å²) in [6.07, 6.45) is 1.35. The molecule has 0 aromatic heterocycles. The van der Waals surface area contributed by atoms with Gasteiger partial charge in [-0.3, -0.25) is 9.59 Å². The molecular formula is C25H33FN2O2S.